The smallest absolute Gasteiger partial charge is 0.133 e. The average molecular weight is 278 g/mol. The van der Waals surface area contributed by atoms with E-state index in [1.54, 1.807) is 24.3 Å². The first-order valence-corrected chi connectivity index (χ1v) is 5.49. The van der Waals surface area contributed by atoms with Crippen LogP contribution < -0.4 is 4.74 Å². The highest BCUT2D eigenvalue weighted by molar-refractivity contribution is 9.09. The van der Waals surface area contributed by atoms with Gasteiger partial charge in [0.25, 0.3) is 0 Å². The van der Waals surface area contributed by atoms with E-state index in [4.69, 9.17) is 16.3 Å². The molecule has 0 fully saturated rings. The molecular weight excluding hydrogens is 267 g/mol. The minimum absolute atomic E-state index is 0.130. The van der Waals surface area contributed by atoms with Crippen molar-refractivity contribution in [3.05, 3.63) is 29.3 Å². The van der Waals surface area contributed by atoms with Crippen molar-refractivity contribution in [1.29, 1.82) is 0 Å². The number of halogens is 2. The van der Waals surface area contributed by atoms with Gasteiger partial charge in [0, 0.05) is 11.4 Å². The molecule has 0 aromatic heterocycles. The number of hydrogen-bond donors (Lipinski definition) is 0. The van der Waals surface area contributed by atoms with Gasteiger partial charge < -0.3 is 9.53 Å². The van der Waals surface area contributed by atoms with Crippen LogP contribution in [0.4, 0.5) is 0 Å². The molecule has 0 heterocycles. The van der Waals surface area contributed by atoms with E-state index in [-0.39, 0.29) is 4.83 Å². The molecule has 0 saturated heterocycles. The van der Waals surface area contributed by atoms with Crippen LogP contribution in [0, 0.1) is 0 Å². The van der Waals surface area contributed by atoms with Crippen LogP contribution in [0.3, 0.4) is 0 Å². The van der Waals surface area contributed by atoms with Crippen molar-refractivity contribution in [2.75, 3.05) is 6.61 Å². The van der Waals surface area contributed by atoms with E-state index in [1.807, 2.05) is 0 Å². The fourth-order valence-corrected chi connectivity index (χ4v) is 1.20. The van der Waals surface area contributed by atoms with Crippen molar-refractivity contribution >= 4 is 33.8 Å². The van der Waals surface area contributed by atoms with E-state index in [1.165, 1.54) is 0 Å². The van der Waals surface area contributed by atoms with Gasteiger partial charge in [-0.1, -0.05) is 27.5 Å². The van der Waals surface area contributed by atoms with E-state index < -0.39 is 0 Å². The molecule has 0 amide bonds. The van der Waals surface area contributed by atoms with E-state index >= 15 is 0 Å². The van der Waals surface area contributed by atoms with Crippen molar-refractivity contribution < 1.29 is 9.53 Å². The van der Waals surface area contributed by atoms with Crippen LogP contribution in [-0.2, 0) is 4.79 Å². The van der Waals surface area contributed by atoms with Crippen molar-refractivity contribution in [3.63, 3.8) is 0 Å². The Kier molecular flexibility index (Phi) is 4.98. The molecular formula is C10H10BrClO2. The van der Waals surface area contributed by atoms with E-state index in [2.05, 4.69) is 15.9 Å². The summed E-state index contributed by atoms with van der Waals surface area (Å²) in [5.74, 6) is 0.764. The van der Waals surface area contributed by atoms with Gasteiger partial charge in [-0.3, -0.25) is 0 Å². The minimum Gasteiger partial charge on any atom is -0.494 e. The summed E-state index contributed by atoms with van der Waals surface area (Å²) in [5, 5.41) is 0.684. The zero-order chi connectivity index (χ0) is 10.4. The number of alkyl halides is 1. The van der Waals surface area contributed by atoms with Crippen LogP contribution in [0.25, 0.3) is 0 Å². The standard InChI is InChI=1S/C10H10BrClO2/c11-8(7-13)5-6-14-10-3-1-9(12)2-4-10/h1-4,7-8H,5-6H2. The second kappa shape index (κ2) is 6.04. The third kappa shape index (κ3) is 4.11. The van der Waals surface area contributed by atoms with Crippen LogP contribution >= 0.6 is 27.5 Å². The van der Waals surface area contributed by atoms with Crippen LogP contribution in [0.2, 0.25) is 5.02 Å². The van der Waals surface area contributed by atoms with Gasteiger partial charge in [0.05, 0.1) is 11.4 Å². The first kappa shape index (κ1) is 11.5. The summed E-state index contributed by atoms with van der Waals surface area (Å²) in [7, 11) is 0. The molecule has 1 aromatic rings. The molecule has 0 aliphatic rings. The fraction of sp³-hybridized carbons (Fsp3) is 0.300. The van der Waals surface area contributed by atoms with Gasteiger partial charge >= 0.3 is 0 Å². The Bertz CT molecular complexity index is 287. The minimum atomic E-state index is -0.130. The SMILES string of the molecule is O=CC(Br)CCOc1ccc(Cl)cc1. The summed E-state index contributed by atoms with van der Waals surface area (Å²) in [6.07, 6.45) is 1.51. The molecule has 76 valence electrons. The molecule has 0 radical (unpaired) electrons. The summed E-state index contributed by atoms with van der Waals surface area (Å²) in [6, 6.07) is 7.13. The monoisotopic (exact) mass is 276 g/mol. The Labute approximate surface area is 96.3 Å². The first-order chi connectivity index (χ1) is 6.72. The summed E-state index contributed by atoms with van der Waals surface area (Å²) in [6.45, 7) is 0.510. The predicted octanol–water partition coefficient (Wildman–Crippen LogP) is 3.07. The highest BCUT2D eigenvalue weighted by Crippen LogP contribution is 2.16. The van der Waals surface area contributed by atoms with Crippen molar-refractivity contribution in [1.82, 2.24) is 0 Å². The van der Waals surface area contributed by atoms with Gasteiger partial charge in [-0.2, -0.15) is 0 Å². The lowest BCUT2D eigenvalue weighted by atomic mass is 10.3. The predicted molar refractivity (Wildman–Crippen MR) is 60.3 cm³/mol. The lowest BCUT2D eigenvalue weighted by molar-refractivity contribution is -0.107. The molecule has 0 aliphatic carbocycles. The quantitative estimate of drug-likeness (QED) is 0.611. The van der Waals surface area contributed by atoms with Crippen LogP contribution in [0.1, 0.15) is 6.42 Å². The Morgan fingerprint density at radius 1 is 1.43 bits per heavy atom. The zero-order valence-electron chi connectivity index (χ0n) is 7.45. The average Bonchev–Trinajstić information content (AvgIpc) is 2.21. The molecule has 1 rings (SSSR count). The molecule has 14 heavy (non-hydrogen) atoms. The molecule has 0 aliphatic heterocycles. The molecule has 4 heteroatoms. The number of ether oxygens (including phenoxy) is 1. The van der Waals surface area contributed by atoms with Gasteiger partial charge in [-0.25, -0.2) is 0 Å². The van der Waals surface area contributed by atoms with Gasteiger partial charge in [-0.15, -0.1) is 0 Å². The van der Waals surface area contributed by atoms with Gasteiger partial charge in [0.1, 0.15) is 12.0 Å². The fourth-order valence-electron chi connectivity index (χ4n) is 0.888. The van der Waals surface area contributed by atoms with Crippen LogP contribution in [-0.4, -0.2) is 17.7 Å². The van der Waals surface area contributed by atoms with Crippen LogP contribution in [0.15, 0.2) is 24.3 Å². The lowest BCUT2D eigenvalue weighted by Crippen LogP contribution is -2.06. The molecule has 1 atom stereocenters. The summed E-state index contributed by atoms with van der Waals surface area (Å²) in [5.41, 5.74) is 0. The second-order valence-corrected chi connectivity index (χ2v) is 4.36. The third-order valence-electron chi connectivity index (χ3n) is 1.62. The number of hydrogen-bond acceptors (Lipinski definition) is 2. The molecule has 1 aromatic carbocycles. The Morgan fingerprint density at radius 2 is 2.07 bits per heavy atom. The van der Waals surface area contributed by atoms with Gasteiger partial charge in [-0.05, 0) is 24.3 Å². The maximum atomic E-state index is 10.3. The molecule has 0 bridgehead atoms. The van der Waals surface area contributed by atoms with E-state index in [0.29, 0.717) is 18.1 Å². The molecule has 0 N–H and O–H groups in total. The van der Waals surface area contributed by atoms with Gasteiger partial charge in [0.15, 0.2) is 0 Å². The maximum absolute atomic E-state index is 10.3. The number of benzene rings is 1. The molecule has 0 spiro atoms. The second-order valence-electron chi connectivity index (χ2n) is 2.74. The summed E-state index contributed by atoms with van der Waals surface area (Å²) in [4.78, 5) is 10.1. The van der Waals surface area contributed by atoms with Crippen molar-refractivity contribution in [2.24, 2.45) is 0 Å². The number of carbonyl (C=O) groups is 1. The Morgan fingerprint density at radius 3 is 2.64 bits per heavy atom. The van der Waals surface area contributed by atoms with E-state index in [0.717, 1.165) is 12.0 Å². The summed E-state index contributed by atoms with van der Waals surface area (Å²) >= 11 is 8.90. The van der Waals surface area contributed by atoms with Gasteiger partial charge in [0.2, 0.25) is 0 Å². The molecule has 1 unspecified atom stereocenters. The normalized spacial score (nSPS) is 12.1. The molecule has 0 saturated carbocycles. The Balaban J connectivity index is 2.31. The Hall–Kier alpha value is -0.540. The highest BCUT2D eigenvalue weighted by Gasteiger charge is 2.01. The lowest BCUT2D eigenvalue weighted by Gasteiger charge is -2.06. The third-order valence-corrected chi connectivity index (χ3v) is 2.55. The first-order valence-electron chi connectivity index (χ1n) is 4.20. The molecule has 2 nitrogen and oxygen atoms in total. The summed E-state index contributed by atoms with van der Waals surface area (Å²) < 4.78 is 5.39. The van der Waals surface area contributed by atoms with Crippen molar-refractivity contribution in [3.8, 4) is 5.75 Å². The highest BCUT2D eigenvalue weighted by atomic mass is 79.9. The van der Waals surface area contributed by atoms with Crippen molar-refractivity contribution in [2.45, 2.75) is 11.2 Å². The number of aldehydes is 1. The largest absolute Gasteiger partial charge is 0.494 e. The maximum Gasteiger partial charge on any atom is 0.133 e. The number of carbonyl (C=O) groups excluding carboxylic acids is 1. The number of rotatable bonds is 5. The van der Waals surface area contributed by atoms with Crippen LogP contribution in [0.5, 0.6) is 5.75 Å². The topological polar surface area (TPSA) is 26.3 Å². The zero-order valence-corrected chi connectivity index (χ0v) is 9.79. The van der Waals surface area contributed by atoms with E-state index in [9.17, 15) is 4.79 Å².